The zero-order chi connectivity index (χ0) is 14.6. The Hall–Kier alpha value is -1.74. The maximum atomic E-state index is 12.5. The number of carbonyl (C=O) groups is 1. The standard InChI is InChI=1S/C17H21NOSi/c1-20(2,3)13-11-17(19)15-9-5-4-8-14(15)16-10-6-7-12-18-16/h4-10,12H,11,13H2,1-3H3. The Morgan fingerprint density at radius 2 is 1.75 bits per heavy atom. The molecule has 0 atom stereocenters. The van der Waals surface area contributed by atoms with E-state index in [4.69, 9.17) is 0 Å². The molecule has 1 heterocycles. The van der Waals surface area contributed by atoms with Gasteiger partial charge in [-0.15, -0.1) is 0 Å². The maximum absolute atomic E-state index is 12.5. The van der Waals surface area contributed by atoms with Crippen molar-refractivity contribution in [2.45, 2.75) is 32.1 Å². The summed E-state index contributed by atoms with van der Waals surface area (Å²) >= 11 is 0. The average molecular weight is 283 g/mol. The number of hydrogen-bond acceptors (Lipinski definition) is 2. The molecule has 0 spiro atoms. The minimum absolute atomic E-state index is 0.230. The van der Waals surface area contributed by atoms with Crippen molar-refractivity contribution in [3.63, 3.8) is 0 Å². The molecule has 1 aromatic carbocycles. The molecule has 0 bridgehead atoms. The van der Waals surface area contributed by atoms with E-state index >= 15 is 0 Å². The number of nitrogens with zero attached hydrogens (tertiary/aromatic N) is 1. The van der Waals surface area contributed by atoms with Crippen LogP contribution in [0.15, 0.2) is 48.7 Å². The van der Waals surface area contributed by atoms with E-state index in [1.807, 2.05) is 42.5 Å². The van der Waals surface area contributed by atoms with Gasteiger partial charge in [0.2, 0.25) is 0 Å². The highest BCUT2D eigenvalue weighted by Gasteiger charge is 2.18. The second-order valence-corrected chi connectivity index (χ2v) is 11.9. The zero-order valence-corrected chi connectivity index (χ0v) is 13.4. The summed E-state index contributed by atoms with van der Waals surface area (Å²) in [5, 5.41) is 0. The molecule has 2 nitrogen and oxygen atoms in total. The number of hydrogen-bond donors (Lipinski definition) is 0. The highest BCUT2D eigenvalue weighted by Crippen LogP contribution is 2.24. The van der Waals surface area contributed by atoms with Crippen LogP contribution in [-0.2, 0) is 0 Å². The molecule has 0 saturated carbocycles. The van der Waals surface area contributed by atoms with Crippen LogP contribution in [0.1, 0.15) is 16.8 Å². The highest BCUT2D eigenvalue weighted by molar-refractivity contribution is 6.76. The van der Waals surface area contributed by atoms with E-state index in [0.29, 0.717) is 6.42 Å². The Balaban J connectivity index is 2.27. The second-order valence-electron chi connectivity index (χ2n) is 6.24. The number of Topliss-reactive ketones (excluding diaryl/α,β-unsaturated/α-hetero) is 1. The number of aromatic nitrogens is 1. The summed E-state index contributed by atoms with van der Waals surface area (Å²) < 4.78 is 0. The fourth-order valence-corrected chi connectivity index (χ4v) is 3.07. The fourth-order valence-electron chi connectivity index (χ4n) is 2.09. The van der Waals surface area contributed by atoms with E-state index in [1.165, 1.54) is 0 Å². The second kappa shape index (κ2) is 6.14. The SMILES string of the molecule is C[Si](C)(C)CCC(=O)c1ccccc1-c1ccccn1. The van der Waals surface area contributed by atoms with Gasteiger partial charge in [-0.25, -0.2) is 0 Å². The van der Waals surface area contributed by atoms with Crippen molar-refractivity contribution in [2.24, 2.45) is 0 Å². The fraction of sp³-hybridized carbons (Fsp3) is 0.294. The maximum Gasteiger partial charge on any atom is 0.163 e. The number of ketones is 1. The predicted octanol–water partition coefficient (Wildman–Crippen LogP) is 4.66. The summed E-state index contributed by atoms with van der Waals surface area (Å²) in [6, 6.07) is 14.6. The van der Waals surface area contributed by atoms with Gasteiger partial charge in [0.05, 0.1) is 5.69 Å². The third-order valence-electron chi connectivity index (χ3n) is 3.27. The third-order valence-corrected chi connectivity index (χ3v) is 5.02. The van der Waals surface area contributed by atoms with Crippen molar-refractivity contribution in [1.82, 2.24) is 4.98 Å². The monoisotopic (exact) mass is 283 g/mol. The van der Waals surface area contributed by atoms with Crippen molar-refractivity contribution in [3.05, 3.63) is 54.2 Å². The predicted molar refractivity (Wildman–Crippen MR) is 86.8 cm³/mol. The first-order valence-corrected chi connectivity index (χ1v) is 10.7. The molecule has 0 amide bonds. The van der Waals surface area contributed by atoms with Gasteiger partial charge in [0.15, 0.2) is 5.78 Å². The van der Waals surface area contributed by atoms with Crippen molar-refractivity contribution >= 4 is 13.9 Å². The molecule has 2 rings (SSSR count). The summed E-state index contributed by atoms with van der Waals surface area (Å²) in [4.78, 5) is 16.8. The first kappa shape index (κ1) is 14.7. The molecule has 3 heteroatoms. The van der Waals surface area contributed by atoms with Gasteiger partial charge in [0.1, 0.15) is 0 Å². The lowest BCUT2D eigenvalue weighted by Gasteiger charge is -2.15. The van der Waals surface area contributed by atoms with E-state index in [-0.39, 0.29) is 5.78 Å². The van der Waals surface area contributed by atoms with Crippen LogP contribution in [0.2, 0.25) is 25.7 Å². The Morgan fingerprint density at radius 1 is 1.05 bits per heavy atom. The van der Waals surface area contributed by atoms with Gasteiger partial charge in [-0.3, -0.25) is 9.78 Å². The molecule has 1 aromatic heterocycles. The molecular weight excluding hydrogens is 262 g/mol. The molecule has 0 fully saturated rings. The smallest absolute Gasteiger partial charge is 0.163 e. The molecule has 104 valence electrons. The molecule has 0 saturated heterocycles. The lowest BCUT2D eigenvalue weighted by molar-refractivity contribution is 0.0988. The molecule has 0 radical (unpaired) electrons. The first-order chi connectivity index (χ1) is 9.47. The summed E-state index contributed by atoms with van der Waals surface area (Å²) in [6.45, 7) is 6.89. The van der Waals surface area contributed by atoms with Crippen molar-refractivity contribution in [1.29, 1.82) is 0 Å². The van der Waals surface area contributed by atoms with Gasteiger partial charge in [0.25, 0.3) is 0 Å². The van der Waals surface area contributed by atoms with Gasteiger partial charge in [0, 0.05) is 31.8 Å². The normalized spacial score (nSPS) is 11.3. The lowest BCUT2D eigenvalue weighted by Crippen LogP contribution is -2.20. The summed E-state index contributed by atoms with van der Waals surface area (Å²) in [7, 11) is -1.19. The van der Waals surface area contributed by atoms with Crippen LogP contribution in [0.3, 0.4) is 0 Å². The van der Waals surface area contributed by atoms with Crippen molar-refractivity contribution in [2.75, 3.05) is 0 Å². The Labute approximate surface area is 121 Å². The van der Waals surface area contributed by atoms with E-state index in [2.05, 4.69) is 24.6 Å². The number of benzene rings is 1. The van der Waals surface area contributed by atoms with Gasteiger partial charge in [-0.2, -0.15) is 0 Å². The minimum Gasteiger partial charge on any atom is -0.294 e. The molecule has 0 N–H and O–H groups in total. The zero-order valence-electron chi connectivity index (χ0n) is 12.4. The Morgan fingerprint density at radius 3 is 2.40 bits per heavy atom. The minimum atomic E-state index is -1.19. The summed E-state index contributed by atoms with van der Waals surface area (Å²) in [6.07, 6.45) is 2.40. The highest BCUT2D eigenvalue weighted by atomic mass is 28.3. The van der Waals surface area contributed by atoms with Gasteiger partial charge < -0.3 is 0 Å². The lowest BCUT2D eigenvalue weighted by atomic mass is 9.99. The van der Waals surface area contributed by atoms with E-state index in [9.17, 15) is 4.79 Å². The van der Waals surface area contributed by atoms with Crippen LogP contribution in [-0.4, -0.2) is 18.8 Å². The third kappa shape index (κ3) is 3.87. The Bertz CT molecular complexity index is 587. The van der Waals surface area contributed by atoms with Crippen LogP contribution >= 0.6 is 0 Å². The van der Waals surface area contributed by atoms with Crippen LogP contribution in [0, 0.1) is 0 Å². The van der Waals surface area contributed by atoms with Crippen LogP contribution < -0.4 is 0 Å². The van der Waals surface area contributed by atoms with E-state index in [1.54, 1.807) is 6.20 Å². The molecule has 0 aliphatic rings. The van der Waals surface area contributed by atoms with E-state index < -0.39 is 8.07 Å². The number of carbonyl (C=O) groups excluding carboxylic acids is 1. The molecule has 2 aromatic rings. The average Bonchev–Trinajstić information content (AvgIpc) is 2.45. The van der Waals surface area contributed by atoms with Gasteiger partial charge >= 0.3 is 0 Å². The largest absolute Gasteiger partial charge is 0.294 e. The number of pyridine rings is 1. The summed E-state index contributed by atoms with van der Waals surface area (Å²) in [5.41, 5.74) is 2.60. The molecular formula is C17H21NOSi. The van der Waals surface area contributed by atoms with Crippen molar-refractivity contribution < 1.29 is 4.79 Å². The van der Waals surface area contributed by atoms with Crippen LogP contribution in [0.25, 0.3) is 11.3 Å². The van der Waals surface area contributed by atoms with E-state index in [0.717, 1.165) is 22.9 Å². The molecule has 0 aliphatic heterocycles. The van der Waals surface area contributed by atoms with Gasteiger partial charge in [-0.05, 0) is 12.1 Å². The van der Waals surface area contributed by atoms with Crippen LogP contribution in [0.4, 0.5) is 0 Å². The number of rotatable bonds is 5. The molecule has 0 unspecified atom stereocenters. The van der Waals surface area contributed by atoms with Crippen LogP contribution in [0.5, 0.6) is 0 Å². The van der Waals surface area contributed by atoms with Gasteiger partial charge in [-0.1, -0.05) is 56.0 Å². The quantitative estimate of drug-likeness (QED) is 0.590. The molecule has 0 aliphatic carbocycles. The first-order valence-electron chi connectivity index (χ1n) is 7.01. The molecule has 20 heavy (non-hydrogen) atoms. The topological polar surface area (TPSA) is 30.0 Å². The summed E-state index contributed by atoms with van der Waals surface area (Å²) in [5.74, 6) is 0.230. The Kier molecular flexibility index (Phi) is 4.50. The van der Waals surface area contributed by atoms with Crippen molar-refractivity contribution in [3.8, 4) is 11.3 Å².